The zero-order chi connectivity index (χ0) is 18.8. The minimum Gasteiger partial charge on any atom is -0.440 e. The monoisotopic (exact) mass is 365 g/mol. The predicted octanol–water partition coefficient (Wildman–Crippen LogP) is 3.09. The van der Waals surface area contributed by atoms with Crippen LogP contribution >= 0.6 is 0 Å². The summed E-state index contributed by atoms with van der Waals surface area (Å²) in [5, 5.41) is 0. The molecule has 27 heavy (non-hydrogen) atoms. The molecular formula is C21H23N3O3. The maximum Gasteiger partial charge on any atom is 0.250 e. The lowest BCUT2D eigenvalue weighted by Gasteiger charge is -2.31. The zero-order valence-corrected chi connectivity index (χ0v) is 15.4. The summed E-state index contributed by atoms with van der Waals surface area (Å²) in [4.78, 5) is 31.1. The van der Waals surface area contributed by atoms with Gasteiger partial charge < -0.3 is 13.9 Å². The topological polar surface area (TPSA) is 68.3 Å². The fraction of sp³-hybridized carbons (Fsp3) is 0.381. The fourth-order valence-electron chi connectivity index (χ4n) is 3.75. The molecule has 0 N–H and O–H groups in total. The van der Waals surface area contributed by atoms with E-state index in [1.54, 1.807) is 10.6 Å². The van der Waals surface area contributed by atoms with E-state index in [1.165, 1.54) is 6.07 Å². The number of likely N-dealkylation sites (tertiary alicyclic amines) is 1. The Morgan fingerprint density at radius 3 is 2.89 bits per heavy atom. The van der Waals surface area contributed by atoms with Crippen LogP contribution in [0.1, 0.15) is 36.8 Å². The molecule has 0 unspecified atom stereocenters. The van der Waals surface area contributed by atoms with E-state index in [1.807, 2.05) is 42.2 Å². The minimum absolute atomic E-state index is 0.0641. The smallest absolute Gasteiger partial charge is 0.250 e. The van der Waals surface area contributed by atoms with Gasteiger partial charge in [0, 0.05) is 37.8 Å². The van der Waals surface area contributed by atoms with E-state index in [0.717, 1.165) is 36.2 Å². The number of benzene rings is 1. The summed E-state index contributed by atoms with van der Waals surface area (Å²) in [6.45, 7) is 3.66. The van der Waals surface area contributed by atoms with Crippen LogP contribution in [0.3, 0.4) is 0 Å². The number of oxazole rings is 1. The summed E-state index contributed by atoms with van der Waals surface area (Å²) in [5.74, 6) is 0.908. The van der Waals surface area contributed by atoms with Crippen molar-refractivity contribution in [1.29, 1.82) is 0 Å². The third-order valence-electron chi connectivity index (χ3n) is 5.25. The van der Waals surface area contributed by atoms with Gasteiger partial charge in [-0.05, 0) is 38.0 Å². The Balaban J connectivity index is 1.43. The molecule has 1 atom stereocenters. The van der Waals surface area contributed by atoms with Crippen molar-refractivity contribution >= 4 is 17.0 Å². The van der Waals surface area contributed by atoms with Gasteiger partial charge in [-0.25, -0.2) is 4.98 Å². The first-order valence-electron chi connectivity index (χ1n) is 9.41. The van der Waals surface area contributed by atoms with E-state index in [2.05, 4.69) is 4.98 Å². The van der Waals surface area contributed by atoms with Gasteiger partial charge in [-0.15, -0.1) is 0 Å². The number of aryl methyl sites for hydroxylation is 1. The number of aromatic nitrogens is 2. The summed E-state index contributed by atoms with van der Waals surface area (Å²) in [6, 6.07) is 12.9. The van der Waals surface area contributed by atoms with Gasteiger partial charge in [0.2, 0.25) is 5.91 Å². The second kappa shape index (κ2) is 7.39. The third kappa shape index (κ3) is 3.65. The number of piperidine rings is 1. The van der Waals surface area contributed by atoms with Crippen LogP contribution in [-0.2, 0) is 11.3 Å². The van der Waals surface area contributed by atoms with Crippen molar-refractivity contribution in [2.24, 2.45) is 0 Å². The number of carbonyl (C=O) groups excluding carboxylic acids is 1. The molecule has 1 aliphatic heterocycles. The second-order valence-electron chi connectivity index (χ2n) is 7.11. The Morgan fingerprint density at radius 2 is 2.07 bits per heavy atom. The number of hydrogen-bond donors (Lipinski definition) is 0. The first kappa shape index (κ1) is 17.5. The Morgan fingerprint density at radius 1 is 1.22 bits per heavy atom. The van der Waals surface area contributed by atoms with Crippen molar-refractivity contribution in [2.75, 3.05) is 13.1 Å². The number of para-hydroxylation sites is 2. The highest BCUT2D eigenvalue weighted by Crippen LogP contribution is 2.29. The Labute approximate surface area is 157 Å². The molecule has 1 amide bonds. The molecular weight excluding hydrogens is 342 g/mol. The standard InChI is InChI=1S/C21H23N3O3/c1-15-6-4-10-20(26)24(15)13-11-19(25)23-12-5-7-16(14-23)21-22-17-8-2-3-9-18(17)27-21/h2-4,6,8-10,16H,5,7,11-14H2,1H3/t16-/m1/s1. The predicted molar refractivity (Wildman–Crippen MR) is 103 cm³/mol. The largest absolute Gasteiger partial charge is 0.440 e. The number of amides is 1. The lowest BCUT2D eigenvalue weighted by Crippen LogP contribution is -2.40. The summed E-state index contributed by atoms with van der Waals surface area (Å²) < 4.78 is 7.55. The van der Waals surface area contributed by atoms with E-state index in [0.29, 0.717) is 25.4 Å². The Bertz CT molecular complexity index is 988. The van der Waals surface area contributed by atoms with Gasteiger partial charge in [-0.3, -0.25) is 9.59 Å². The van der Waals surface area contributed by atoms with Crippen molar-refractivity contribution in [3.05, 3.63) is 64.4 Å². The van der Waals surface area contributed by atoms with E-state index in [4.69, 9.17) is 4.42 Å². The highest BCUT2D eigenvalue weighted by atomic mass is 16.3. The normalized spacial score (nSPS) is 17.4. The van der Waals surface area contributed by atoms with Gasteiger partial charge in [-0.1, -0.05) is 18.2 Å². The van der Waals surface area contributed by atoms with Crippen LogP contribution in [0.25, 0.3) is 11.1 Å². The number of nitrogens with zero attached hydrogens (tertiary/aromatic N) is 3. The van der Waals surface area contributed by atoms with Crippen LogP contribution in [0.4, 0.5) is 0 Å². The lowest BCUT2D eigenvalue weighted by molar-refractivity contribution is -0.132. The first-order chi connectivity index (χ1) is 13.1. The molecule has 6 nitrogen and oxygen atoms in total. The summed E-state index contributed by atoms with van der Waals surface area (Å²) in [7, 11) is 0. The van der Waals surface area contributed by atoms with Crippen molar-refractivity contribution in [2.45, 2.75) is 38.6 Å². The maximum atomic E-state index is 12.7. The average molecular weight is 365 g/mol. The molecule has 1 fully saturated rings. The zero-order valence-electron chi connectivity index (χ0n) is 15.4. The van der Waals surface area contributed by atoms with Crippen molar-refractivity contribution in [1.82, 2.24) is 14.5 Å². The molecule has 1 saturated heterocycles. The number of pyridine rings is 1. The highest BCUT2D eigenvalue weighted by molar-refractivity contribution is 5.76. The molecule has 3 heterocycles. The van der Waals surface area contributed by atoms with E-state index in [9.17, 15) is 9.59 Å². The number of rotatable bonds is 4. The molecule has 0 spiro atoms. The van der Waals surface area contributed by atoms with Crippen LogP contribution in [0, 0.1) is 6.92 Å². The van der Waals surface area contributed by atoms with Crippen LogP contribution in [-0.4, -0.2) is 33.4 Å². The molecule has 2 aromatic heterocycles. The Kier molecular flexibility index (Phi) is 4.79. The molecule has 1 aromatic carbocycles. The molecule has 0 bridgehead atoms. The molecule has 0 aliphatic carbocycles. The van der Waals surface area contributed by atoms with Gasteiger partial charge in [0.25, 0.3) is 5.56 Å². The average Bonchev–Trinajstić information content (AvgIpc) is 3.12. The number of fused-ring (bicyclic) bond motifs is 1. The fourth-order valence-corrected chi connectivity index (χ4v) is 3.75. The maximum absolute atomic E-state index is 12.7. The van der Waals surface area contributed by atoms with Gasteiger partial charge >= 0.3 is 0 Å². The van der Waals surface area contributed by atoms with Crippen molar-refractivity contribution in [3.8, 4) is 0 Å². The molecule has 0 radical (unpaired) electrons. The van der Waals surface area contributed by atoms with E-state index >= 15 is 0 Å². The van der Waals surface area contributed by atoms with Gasteiger partial charge in [0.15, 0.2) is 11.5 Å². The van der Waals surface area contributed by atoms with Gasteiger partial charge in [0.05, 0.1) is 5.92 Å². The van der Waals surface area contributed by atoms with E-state index in [-0.39, 0.29) is 17.4 Å². The van der Waals surface area contributed by atoms with Crippen LogP contribution < -0.4 is 5.56 Å². The van der Waals surface area contributed by atoms with Gasteiger partial charge in [-0.2, -0.15) is 0 Å². The Hall–Kier alpha value is -2.89. The quantitative estimate of drug-likeness (QED) is 0.712. The number of hydrogen-bond acceptors (Lipinski definition) is 4. The molecule has 3 aromatic rings. The van der Waals surface area contributed by atoms with E-state index < -0.39 is 0 Å². The summed E-state index contributed by atoms with van der Waals surface area (Å²) in [6.07, 6.45) is 2.22. The lowest BCUT2D eigenvalue weighted by atomic mass is 9.97. The molecule has 1 aliphatic rings. The van der Waals surface area contributed by atoms with Crippen LogP contribution in [0.5, 0.6) is 0 Å². The molecule has 140 valence electrons. The van der Waals surface area contributed by atoms with Crippen LogP contribution in [0.15, 0.2) is 51.7 Å². The van der Waals surface area contributed by atoms with Crippen molar-refractivity contribution in [3.63, 3.8) is 0 Å². The SMILES string of the molecule is Cc1cccc(=O)n1CCC(=O)N1CCC[C@@H](c2nc3ccccc3o2)C1. The summed E-state index contributed by atoms with van der Waals surface area (Å²) >= 11 is 0. The first-order valence-corrected chi connectivity index (χ1v) is 9.41. The molecule has 0 saturated carbocycles. The summed E-state index contributed by atoms with van der Waals surface area (Å²) in [5.41, 5.74) is 2.45. The molecule has 4 rings (SSSR count). The highest BCUT2D eigenvalue weighted by Gasteiger charge is 2.28. The molecule has 6 heteroatoms. The number of carbonyl (C=O) groups is 1. The minimum atomic E-state index is -0.0641. The second-order valence-corrected chi connectivity index (χ2v) is 7.11. The van der Waals surface area contributed by atoms with Crippen molar-refractivity contribution < 1.29 is 9.21 Å². The van der Waals surface area contributed by atoms with Gasteiger partial charge in [0.1, 0.15) is 5.52 Å². The third-order valence-corrected chi connectivity index (χ3v) is 5.25. The van der Waals surface area contributed by atoms with Crippen LogP contribution in [0.2, 0.25) is 0 Å².